The number of nitrogens with one attached hydrogen (secondary N) is 1. The van der Waals surface area contributed by atoms with Gasteiger partial charge in [-0.2, -0.15) is 0 Å². The Kier molecular flexibility index (Phi) is 5.39. The normalized spacial score (nSPS) is 16.8. The van der Waals surface area contributed by atoms with E-state index in [2.05, 4.69) is 15.0 Å². The second kappa shape index (κ2) is 7.75. The van der Waals surface area contributed by atoms with Crippen molar-refractivity contribution in [3.05, 3.63) is 42.6 Å². The van der Waals surface area contributed by atoms with E-state index in [1.54, 1.807) is 12.1 Å². The lowest BCUT2D eigenvalue weighted by molar-refractivity contribution is -0.274. The molecule has 1 aliphatic heterocycles. The van der Waals surface area contributed by atoms with Crippen LogP contribution in [0.25, 0.3) is 0 Å². The predicted octanol–water partition coefficient (Wildman–Crippen LogP) is 2.98. The minimum absolute atomic E-state index is 0.202. The lowest BCUT2D eigenvalue weighted by atomic mass is 10.1. The molecular weight excluding hydrogens is 379 g/mol. The van der Waals surface area contributed by atoms with Gasteiger partial charge in [0.2, 0.25) is 17.7 Å². The van der Waals surface area contributed by atoms with Crippen molar-refractivity contribution in [2.24, 2.45) is 5.92 Å². The molecule has 0 unspecified atom stereocenters. The monoisotopic (exact) mass is 395 g/mol. The van der Waals surface area contributed by atoms with Gasteiger partial charge in [0.25, 0.3) is 0 Å². The van der Waals surface area contributed by atoms with E-state index in [1.165, 1.54) is 30.3 Å². The quantitative estimate of drug-likeness (QED) is 0.788. The van der Waals surface area contributed by atoms with Gasteiger partial charge in [0.15, 0.2) is 0 Å². The van der Waals surface area contributed by atoms with Gasteiger partial charge < -0.3 is 19.7 Å². The van der Waals surface area contributed by atoms with Crippen LogP contribution in [-0.4, -0.2) is 36.8 Å². The van der Waals surface area contributed by atoms with Crippen LogP contribution in [-0.2, 0) is 9.59 Å². The number of carbonyl (C=O) groups is 2. The highest BCUT2D eigenvalue weighted by Gasteiger charge is 2.38. The molecule has 7 nitrogen and oxygen atoms in total. The minimum Gasteiger partial charge on any atom is -0.481 e. The van der Waals surface area contributed by atoms with Gasteiger partial charge in [-0.15, -0.1) is 13.2 Å². The van der Waals surface area contributed by atoms with E-state index in [-0.39, 0.29) is 18.7 Å². The van der Waals surface area contributed by atoms with Crippen LogP contribution in [0.15, 0.2) is 42.6 Å². The van der Waals surface area contributed by atoms with Crippen LogP contribution >= 0.6 is 0 Å². The number of nitrogens with zero attached hydrogens (tertiary/aromatic N) is 2. The standard InChI is InChI=1S/C18H16F3N3O4/c1-27-15-6-5-11(10-22-15)23-16(25)14-7-8-24(17(14)26)12-3-2-4-13(9-12)28-18(19,20)21/h2-6,9-10,14H,7-8H2,1H3,(H,23,25)/t14-/m0/s1. The first-order valence-electron chi connectivity index (χ1n) is 8.25. The van der Waals surface area contributed by atoms with Crippen molar-refractivity contribution < 1.29 is 32.2 Å². The molecule has 2 heterocycles. The van der Waals surface area contributed by atoms with Crippen LogP contribution in [0.4, 0.5) is 24.5 Å². The van der Waals surface area contributed by atoms with Gasteiger partial charge in [0.05, 0.1) is 19.0 Å². The Morgan fingerprint density at radius 2 is 2.07 bits per heavy atom. The number of alkyl halides is 3. The van der Waals surface area contributed by atoms with E-state index in [9.17, 15) is 22.8 Å². The SMILES string of the molecule is COc1ccc(NC(=O)[C@@H]2CCN(c3cccc(OC(F)(F)F)c3)C2=O)cn1. The third-order valence-electron chi connectivity index (χ3n) is 4.10. The molecule has 2 amide bonds. The summed E-state index contributed by atoms with van der Waals surface area (Å²) < 4.78 is 45.9. The molecule has 1 aliphatic rings. The van der Waals surface area contributed by atoms with E-state index in [0.29, 0.717) is 11.6 Å². The topological polar surface area (TPSA) is 80.8 Å². The smallest absolute Gasteiger partial charge is 0.481 e. The fraction of sp³-hybridized carbons (Fsp3) is 0.278. The molecule has 148 valence electrons. The molecule has 1 atom stereocenters. The number of anilines is 2. The van der Waals surface area contributed by atoms with Crippen molar-refractivity contribution in [2.45, 2.75) is 12.8 Å². The number of benzene rings is 1. The fourth-order valence-corrected chi connectivity index (χ4v) is 2.83. The minimum atomic E-state index is -4.83. The van der Waals surface area contributed by atoms with Crippen LogP contribution in [0.1, 0.15) is 6.42 Å². The Morgan fingerprint density at radius 3 is 2.71 bits per heavy atom. The highest BCUT2D eigenvalue weighted by molar-refractivity contribution is 6.13. The Bertz CT molecular complexity index is 871. The molecule has 0 bridgehead atoms. The average molecular weight is 395 g/mol. The maximum Gasteiger partial charge on any atom is 0.573 e. The van der Waals surface area contributed by atoms with Crippen LogP contribution in [0.3, 0.4) is 0 Å². The summed E-state index contributed by atoms with van der Waals surface area (Å²) in [4.78, 5) is 30.2. The molecule has 1 saturated heterocycles. The Labute approximate surface area is 158 Å². The molecule has 1 aromatic heterocycles. The van der Waals surface area contributed by atoms with Crippen LogP contribution < -0.4 is 19.7 Å². The molecule has 3 rings (SSSR count). The van der Waals surface area contributed by atoms with Crippen molar-refractivity contribution in [1.82, 2.24) is 4.98 Å². The fourth-order valence-electron chi connectivity index (χ4n) is 2.83. The number of carbonyl (C=O) groups excluding carboxylic acids is 2. The Hall–Kier alpha value is -3.30. The zero-order valence-corrected chi connectivity index (χ0v) is 14.7. The molecular formula is C18H16F3N3O4. The molecule has 10 heteroatoms. The number of methoxy groups -OCH3 is 1. The van der Waals surface area contributed by atoms with E-state index < -0.39 is 29.8 Å². The zero-order valence-electron chi connectivity index (χ0n) is 14.7. The number of amides is 2. The number of ether oxygens (including phenoxy) is 2. The molecule has 0 aliphatic carbocycles. The first-order chi connectivity index (χ1) is 13.3. The van der Waals surface area contributed by atoms with E-state index >= 15 is 0 Å². The van der Waals surface area contributed by atoms with Crippen LogP contribution in [0.5, 0.6) is 11.6 Å². The van der Waals surface area contributed by atoms with Crippen molar-refractivity contribution in [2.75, 3.05) is 23.9 Å². The number of aromatic nitrogens is 1. The van der Waals surface area contributed by atoms with Gasteiger partial charge in [-0.05, 0) is 24.6 Å². The zero-order chi connectivity index (χ0) is 20.3. The van der Waals surface area contributed by atoms with E-state index in [4.69, 9.17) is 4.74 Å². The maximum absolute atomic E-state index is 12.6. The van der Waals surface area contributed by atoms with Gasteiger partial charge in [-0.25, -0.2) is 4.98 Å². The second-order valence-electron chi connectivity index (χ2n) is 5.95. The lowest BCUT2D eigenvalue weighted by Crippen LogP contribution is -2.33. The van der Waals surface area contributed by atoms with E-state index in [0.717, 1.165) is 12.1 Å². The number of pyridine rings is 1. The van der Waals surface area contributed by atoms with Crippen molar-refractivity contribution in [1.29, 1.82) is 0 Å². The van der Waals surface area contributed by atoms with E-state index in [1.807, 2.05) is 0 Å². The van der Waals surface area contributed by atoms with Crippen molar-refractivity contribution in [3.8, 4) is 11.6 Å². The van der Waals surface area contributed by atoms with Gasteiger partial charge >= 0.3 is 6.36 Å². The first kappa shape index (κ1) is 19.5. The summed E-state index contributed by atoms with van der Waals surface area (Å²) in [5.41, 5.74) is 0.630. The summed E-state index contributed by atoms with van der Waals surface area (Å²) in [6, 6.07) is 8.22. The molecule has 1 aromatic carbocycles. The number of rotatable bonds is 5. The first-order valence-corrected chi connectivity index (χ1v) is 8.25. The summed E-state index contributed by atoms with van der Waals surface area (Å²) in [6.45, 7) is 0.202. The largest absolute Gasteiger partial charge is 0.573 e. The third kappa shape index (κ3) is 4.51. The molecule has 28 heavy (non-hydrogen) atoms. The average Bonchev–Trinajstić information content (AvgIpc) is 3.03. The van der Waals surface area contributed by atoms with Gasteiger partial charge in [0, 0.05) is 24.4 Å². The highest BCUT2D eigenvalue weighted by Crippen LogP contribution is 2.31. The van der Waals surface area contributed by atoms with Crippen LogP contribution in [0.2, 0.25) is 0 Å². The summed E-state index contributed by atoms with van der Waals surface area (Å²) in [5, 5.41) is 2.60. The van der Waals surface area contributed by atoms with Crippen molar-refractivity contribution >= 4 is 23.2 Å². The summed E-state index contributed by atoms with van der Waals surface area (Å²) in [5.74, 6) is -2.02. The van der Waals surface area contributed by atoms with Gasteiger partial charge in [-0.3, -0.25) is 9.59 Å². The highest BCUT2D eigenvalue weighted by atomic mass is 19.4. The molecule has 1 fully saturated rings. The van der Waals surface area contributed by atoms with Crippen molar-refractivity contribution in [3.63, 3.8) is 0 Å². The number of hydrogen-bond donors (Lipinski definition) is 1. The predicted molar refractivity (Wildman–Crippen MR) is 93.0 cm³/mol. The van der Waals surface area contributed by atoms with Gasteiger partial charge in [0.1, 0.15) is 11.7 Å². The number of hydrogen-bond acceptors (Lipinski definition) is 5. The maximum atomic E-state index is 12.6. The summed E-state index contributed by atoms with van der Waals surface area (Å²) in [6.07, 6.45) is -3.20. The van der Waals surface area contributed by atoms with Crippen LogP contribution in [0, 0.1) is 5.92 Å². The summed E-state index contributed by atoms with van der Waals surface area (Å²) in [7, 11) is 1.46. The third-order valence-corrected chi connectivity index (χ3v) is 4.10. The Morgan fingerprint density at radius 1 is 1.29 bits per heavy atom. The molecule has 1 N–H and O–H groups in total. The number of halogens is 3. The molecule has 0 spiro atoms. The lowest BCUT2D eigenvalue weighted by Gasteiger charge is -2.18. The molecule has 0 saturated carbocycles. The Balaban J connectivity index is 1.68. The van der Waals surface area contributed by atoms with Gasteiger partial charge in [-0.1, -0.05) is 6.07 Å². The molecule has 2 aromatic rings. The molecule has 0 radical (unpaired) electrons. The second-order valence-corrected chi connectivity index (χ2v) is 5.95. The summed E-state index contributed by atoms with van der Waals surface area (Å²) >= 11 is 0.